The molecule has 3 N–H and O–H groups in total. The third-order valence-electron chi connectivity index (χ3n) is 3.35. The molecule has 1 amide bonds. The topological polar surface area (TPSA) is 58.4 Å². The molecule has 1 heterocycles. The number of amides is 1. The molecule has 0 atom stereocenters. The second kappa shape index (κ2) is 4.31. The molecule has 0 saturated heterocycles. The van der Waals surface area contributed by atoms with Crippen molar-refractivity contribution in [1.82, 2.24) is 0 Å². The fraction of sp³-hybridized carbons (Fsp3) is 0.133. The quantitative estimate of drug-likeness (QED) is 0.809. The second-order valence-electron chi connectivity index (χ2n) is 4.59. The molecule has 1 aliphatic heterocycles. The summed E-state index contributed by atoms with van der Waals surface area (Å²) in [4.78, 5) is 13.9. The summed E-state index contributed by atoms with van der Waals surface area (Å²) in [5.74, 6) is 0.0813. The third-order valence-corrected chi connectivity index (χ3v) is 3.35. The van der Waals surface area contributed by atoms with Crippen molar-refractivity contribution in [3.8, 4) is 0 Å². The Balaban J connectivity index is 2.03. The third kappa shape index (κ3) is 1.91. The van der Waals surface area contributed by atoms with Crippen LogP contribution in [0.3, 0.4) is 0 Å². The van der Waals surface area contributed by atoms with Gasteiger partial charge in [-0.2, -0.15) is 0 Å². The van der Waals surface area contributed by atoms with Crippen molar-refractivity contribution in [2.45, 2.75) is 6.42 Å². The molecule has 1 aliphatic rings. The molecule has 0 fully saturated rings. The average molecular weight is 253 g/mol. The van der Waals surface area contributed by atoms with Crippen molar-refractivity contribution in [1.29, 1.82) is 0 Å². The van der Waals surface area contributed by atoms with E-state index < -0.39 is 0 Å². The average Bonchev–Trinajstić information content (AvgIpc) is 2.74. The van der Waals surface area contributed by atoms with Gasteiger partial charge in [0.1, 0.15) is 0 Å². The van der Waals surface area contributed by atoms with Crippen LogP contribution in [0.2, 0.25) is 0 Å². The van der Waals surface area contributed by atoms with E-state index in [0.29, 0.717) is 12.1 Å². The van der Waals surface area contributed by atoms with E-state index in [1.807, 2.05) is 49.5 Å². The maximum atomic E-state index is 12.2. The summed E-state index contributed by atoms with van der Waals surface area (Å²) in [7, 11) is 1.87. The number of hydrogen-bond donors (Lipinski definition) is 2. The van der Waals surface area contributed by atoms with E-state index in [9.17, 15) is 4.79 Å². The summed E-state index contributed by atoms with van der Waals surface area (Å²) in [5.41, 5.74) is 10.3. The van der Waals surface area contributed by atoms with Crippen molar-refractivity contribution in [3.63, 3.8) is 0 Å². The van der Waals surface area contributed by atoms with Crippen LogP contribution in [-0.4, -0.2) is 13.0 Å². The number of hydrogen-bond acceptors (Lipinski definition) is 3. The molecule has 19 heavy (non-hydrogen) atoms. The number of anilines is 4. The number of nitrogens with zero attached hydrogens (tertiary/aromatic N) is 1. The van der Waals surface area contributed by atoms with Gasteiger partial charge in [-0.1, -0.05) is 0 Å². The monoisotopic (exact) mass is 253 g/mol. The van der Waals surface area contributed by atoms with E-state index in [1.165, 1.54) is 0 Å². The fourth-order valence-electron chi connectivity index (χ4n) is 2.40. The van der Waals surface area contributed by atoms with Crippen LogP contribution in [0.25, 0.3) is 0 Å². The molecule has 96 valence electrons. The van der Waals surface area contributed by atoms with Crippen molar-refractivity contribution >= 4 is 28.7 Å². The van der Waals surface area contributed by atoms with Gasteiger partial charge in [0.2, 0.25) is 5.91 Å². The first-order valence-electron chi connectivity index (χ1n) is 6.18. The minimum Gasteiger partial charge on any atom is -0.399 e. The van der Waals surface area contributed by atoms with Crippen LogP contribution < -0.4 is 16.0 Å². The smallest absolute Gasteiger partial charge is 0.236 e. The van der Waals surface area contributed by atoms with Gasteiger partial charge in [-0.15, -0.1) is 0 Å². The highest BCUT2D eigenvalue weighted by Gasteiger charge is 2.28. The first-order valence-corrected chi connectivity index (χ1v) is 6.18. The number of nitrogens with one attached hydrogen (secondary N) is 1. The van der Waals surface area contributed by atoms with Gasteiger partial charge in [-0.25, -0.2) is 0 Å². The number of nitrogen functional groups attached to an aromatic ring is 1. The van der Waals surface area contributed by atoms with Crippen LogP contribution in [0.15, 0.2) is 42.5 Å². The lowest BCUT2D eigenvalue weighted by molar-refractivity contribution is -0.116. The summed E-state index contributed by atoms with van der Waals surface area (Å²) in [5, 5.41) is 3.06. The summed E-state index contributed by atoms with van der Waals surface area (Å²) < 4.78 is 0. The second-order valence-corrected chi connectivity index (χ2v) is 4.59. The normalized spacial score (nSPS) is 13.5. The van der Waals surface area contributed by atoms with Gasteiger partial charge in [-0.05, 0) is 48.0 Å². The van der Waals surface area contributed by atoms with Crippen molar-refractivity contribution < 1.29 is 4.79 Å². The molecular weight excluding hydrogens is 238 g/mol. The fourth-order valence-corrected chi connectivity index (χ4v) is 2.40. The Morgan fingerprint density at radius 1 is 1.16 bits per heavy atom. The van der Waals surface area contributed by atoms with Gasteiger partial charge < -0.3 is 11.1 Å². The largest absolute Gasteiger partial charge is 0.399 e. The molecule has 0 bridgehead atoms. The maximum absolute atomic E-state index is 12.2. The predicted molar refractivity (Wildman–Crippen MR) is 77.7 cm³/mol. The van der Waals surface area contributed by atoms with E-state index in [2.05, 4.69) is 5.32 Å². The zero-order chi connectivity index (χ0) is 13.4. The van der Waals surface area contributed by atoms with E-state index in [4.69, 9.17) is 5.73 Å². The predicted octanol–water partition coefficient (Wildman–Crippen LogP) is 2.53. The first-order chi connectivity index (χ1) is 9.19. The van der Waals surface area contributed by atoms with Crippen LogP contribution in [0, 0.1) is 0 Å². The molecule has 0 radical (unpaired) electrons. The van der Waals surface area contributed by atoms with Crippen LogP contribution in [-0.2, 0) is 11.2 Å². The van der Waals surface area contributed by atoms with Crippen LogP contribution in [0.1, 0.15) is 5.56 Å². The Morgan fingerprint density at radius 3 is 2.58 bits per heavy atom. The number of benzene rings is 2. The summed E-state index contributed by atoms with van der Waals surface area (Å²) in [6, 6.07) is 13.4. The lowest BCUT2D eigenvalue weighted by Gasteiger charge is -2.18. The molecule has 0 unspecified atom stereocenters. The Hall–Kier alpha value is -2.49. The highest BCUT2D eigenvalue weighted by molar-refractivity contribution is 6.07. The number of carbonyl (C=O) groups excluding carboxylic acids is 1. The lowest BCUT2D eigenvalue weighted by atomic mass is 10.1. The van der Waals surface area contributed by atoms with Crippen LogP contribution >= 0.6 is 0 Å². The number of rotatable bonds is 2. The van der Waals surface area contributed by atoms with Crippen molar-refractivity contribution in [3.05, 3.63) is 48.0 Å². The van der Waals surface area contributed by atoms with Gasteiger partial charge >= 0.3 is 0 Å². The summed E-state index contributed by atoms with van der Waals surface area (Å²) >= 11 is 0. The minimum absolute atomic E-state index is 0.0813. The Morgan fingerprint density at radius 2 is 1.89 bits per heavy atom. The molecule has 0 aromatic heterocycles. The summed E-state index contributed by atoms with van der Waals surface area (Å²) in [6.45, 7) is 0. The van der Waals surface area contributed by atoms with Gasteiger partial charge in [-0.3, -0.25) is 9.69 Å². The minimum atomic E-state index is 0.0813. The summed E-state index contributed by atoms with van der Waals surface area (Å²) in [6.07, 6.45) is 0.411. The van der Waals surface area contributed by atoms with Gasteiger partial charge in [0.15, 0.2) is 0 Å². The van der Waals surface area contributed by atoms with Crippen molar-refractivity contribution in [2.75, 3.05) is 23.0 Å². The van der Waals surface area contributed by atoms with Crippen LogP contribution in [0.4, 0.5) is 22.7 Å². The van der Waals surface area contributed by atoms with Gasteiger partial charge in [0.25, 0.3) is 0 Å². The molecule has 0 saturated carbocycles. The number of carbonyl (C=O) groups is 1. The van der Waals surface area contributed by atoms with E-state index in [-0.39, 0.29) is 5.91 Å². The first kappa shape index (κ1) is 11.6. The van der Waals surface area contributed by atoms with E-state index in [0.717, 1.165) is 22.6 Å². The molecule has 2 aromatic rings. The van der Waals surface area contributed by atoms with E-state index in [1.54, 1.807) is 4.90 Å². The van der Waals surface area contributed by atoms with E-state index >= 15 is 0 Å². The Labute approximate surface area is 111 Å². The Bertz CT molecular complexity index is 634. The number of fused-ring (bicyclic) bond motifs is 1. The highest BCUT2D eigenvalue weighted by atomic mass is 16.2. The lowest BCUT2D eigenvalue weighted by Crippen LogP contribution is -2.20. The Kier molecular flexibility index (Phi) is 2.63. The van der Waals surface area contributed by atoms with Crippen LogP contribution in [0.5, 0.6) is 0 Å². The molecular formula is C15H15N3O. The molecule has 4 nitrogen and oxygen atoms in total. The zero-order valence-corrected chi connectivity index (χ0v) is 10.7. The molecule has 3 rings (SSSR count). The molecule has 2 aromatic carbocycles. The molecule has 0 aliphatic carbocycles. The van der Waals surface area contributed by atoms with Crippen molar-refractivity contribution in [2.24, 2.45) is 0 Å². The maximum Gasteiger partial charge on any atom is 0.236 e. The number of nitrogens with two attached hydrogens (primary N) is 1. The van der Waals surface area contributed by atoms with Gasteiger partial charge in [0, 0.05) is 24.1 Å². The highest BCUT2D eigenvalue weighted by Crippen LogP contribution is 2.36. The standard InChI is InChI=1S/C15H15N3O/c1-17-12-3-5-13(6-4-12)18-14-7-2-11(16)8-10(14)9-15(18)19/h2-8,17H,9,16H2,1H3. The zero-order valence-electron chi connectivity index (χ0n) is 10.7. The SMILES string of the molecule is CNc1ccc(N2C(=O)Cc3cc(N)ccc32)cc1. The van der Waals surface area contributed by atoms with Gasteiger partial charge in [0.05, 0.1) is 12.1 Å². The molecule has 4 heteroatoms. The molecule has 0 spiro atoms.